The van der Waals surface area contributed by atoms with Gasteiger partial charge in [0.25, 0.3) is 0 Å². The summed E-state index contributed by atoms with van der Waals surface area (Å²) in [4.78, 5) is 12.8. The summed E-state index contributed by atoms with van der Waals surface area (Å²) in [5, 5.41) is 12.8. The molecule has 3 aliphatic carbocycles. The molecule has 0 heterocycles. The van der Waals surface area contributed by atoms with Crippen LogP contribution in [-0.2, 0) is 28.4 Å². The van der Waals surface area contributed by atoms with Gasteiger partial charge < -0.3 is 38.8 Å². The number of ether oxygens (including phenoxy) is 6. The molecule has 0 bridgehead atoms. The number of aliphatic hydroxyl groups excluding tert-OH is 1. The lowest BCUT2D eigenvalue weighted by Crippen LogP contribution is -2.43. The highest BCUT2D eigenvalue weighted by Crippen LogP contribution is 2.63. The van der Waals surface area contributed by atoms with Gasteiger partial charge >= 0.3 is 6.09 Å². The second kappa shape index (κ2) is 25.2. The fourth-order valence-electron chi connectivity index (χ4n) is 9.65. The third-order valence-electron chi connectivity index (χ3n) is 12.5. The Morgan fingerprint density at radius 1 is 0.889 bits per heavy atom. The Labute approximate surface area is 330 Å². The summed E-state index contributed by atoms with van der Waals surface area (Å²) in [5.41, 5.74) is 1.77. The average molecular weight is 766 g/mol. The lowest BCUT2D eigenvalue weighted by Gasteiger charge is -2.51. The maximum Gasteiger partial charge on any atom is 0.407 e. The highest BCUT2D eigenvalue weighted by Gasteiger charge is 2.54. The molecule has 2 unspecified atom stereocenters. The fourth-order valence-corrected chi connectivity index (χ4v) is 9.65. The van der Waals surface area contributed by atoms with E-state index in [0.717, 1.165) is 67.6 Å². The summed E-state index contributed by atoms with van der Waals surface area (Å²) < 4.78 is 33.7. The normalized spacial score (nSPS) is 25.9. The number of aliphatic hydroxyl groups is 1. The number of allylic oxidation sites excluding steroid dienone is 1. The number of rotatable bonds is 28. The summed E-state index contributed by atoms with van der Waals surface area (Å²) in [5.74, 6) is 5.08. The zero-order chi connectivity index (χ0) is 39.4. The maximum absolute atomic E-state index is 12.8. The monoisotopic (exact) mass is 766 g/mol. The van der Waals surface area contributed by atoms with Gasteiger partial charge in [-0.15, -0.1) is 0 Å². The summed E-state index contributed by atoms with van der Waals surface area (Å²) in [7, 11) is 0. The van der Waals surface area contributed by atoms with Crippen LogP contribution in [0.2, 0.25) is 0 Å². The van der Waals surface area contributed by atoms with Gasteiger partial charge in [-0.2, -0.15) is 0 Å². The topological polar surface area (TPSA) is 105 Å². The third kappa shape index (κ3) is 17.5. The van der Waals surface area contributed by atoms with Crippen LogP contribution < -0.4 is 5.32 Å². The number of unbranched alkanes of at least 4 members (excludes halogenated alkanes) is 1. The van der Waals surface area contributed by atoms with E-state index in [1.165, 1.54) is 63.4 Å². The average Bonchev–Trinajstić information content (AvgIpc) is 3.48. The highest BCUT2D eigenvalue weighted by atomic mass is 16.6. The van der Waals surface area contributed by atoms with Crippen LogP contribution in [0.3, 0.4) is 0 Å². The van der Waals surface area contributed by atoms with Crippen molar-refractivity contribution < 1.29 is 38.3 Å². The van der Waals surface area contributed by atoms with Gasteiger partial charge in [-0.3, -0.25) is 0 Å². The molecular formula is C45H83NO8. The number of alkyl carbamates (subject to hydrolysis) is 1. The first-order valence-electron chi connectivity index (χ1n) is 22.1. The predicted octanol–water partition coefficient (Wildman–Crippen LogP) is 9.54. The predicted molar refractivity (Wildman–Crippen MR) is 218 cm³/mol. The van der Waals surface area contributed by atoms with E-state index >= 15 is 0 Å². The van der Waals surface area contributed by atoms with Crippen molar-refractivity contribution in [1.82, 2.24) is 5.32 Å². The van der Waals surface area contributed by atoms with Gasteiger partial charge in [0.2, 0.25) is 0 Å². The molecule has 0 spiro atoms. The smallest absolute Gasteiger partial charge is 0.407 e. The maximum atomic E-state index is 12.8. The zero-order valence-corrected chi connectivity index (χ0v) is 36.0. The molecule has 3 aliphatic rings. The third-order valence-corrected chi connectivity index (χ3v) is 12.5. The van der Waals surface area contributed by atoms with Crippen molar-refractivity contribution in [3.05, 3.63) is 11.6 Å². The molecule has 54 heavy (non-hydrogen) atoms. The van der Waals surface area contributed by atoms with Crippen molar-refractivity contribution in [1.29, 1.82) is 0 Å². The molecule has 2 N–H and O–H groups in total. The summed E-state index contributed by atoms with van der Waals surface area (Å²) in [6.07, 6.45) is 18.5. The van der Waals surface area contributed by atoms with E-state index in [9.17, 15) is 9.90 Å². The van der Waals surface area contributed by atoms with Crippen molar-refractivity contribution in [2.24, 2.45) is 40.9 Å². The van der Waals surface area contributed by atoms with E-state index in [4.69, 9.17) is 28.4 Å². The number of carbonyl (C=O) groups excluding carboxylic acids is 1. The molecular weight excluding hydrogens is 682 g/mol. The molecule has 0 aromatic rings. The molecule has 9 heteroatoms. The first-order valence-corrected chi connectivity index (χ1v) is 22.1. The van der Waals surface area contributed by atoms with Crippen molar-refractivity contribution in [3.8, 4) is 0 Å². The molecule has 2 fully saturated rings. The summed E-state index contributed by atoms with van der Waals surface area (Å²) in [6, 6.07) is 0. The number of amides is 1. The highest BCUT2D eigenvalue weighted by molar-refractivity contribution is 5.67. The number of hydrogen-bond donors (Lipinski definition) is 2. The molecule has 8 atom stereocenters. The minimum absolute atomic E-state index is 0.0551. The Hall–Kier alpha value is -1.23. The first-order chi connectivity index (χ1) is 25.8. The Bertz CT molecular complexity index is 1050. The first kappa shape index (κ1) is 47.1. The lowest BCUT2D eigenvalue weighted by molar-refractivity contribution is -0.0766. The van der Waals surface area contributed by atoms with Crippen LogP contribution in [0, 0.1) is 40.9 Å². The van der Waals surface area contributed by atoms with E-state index in [2.05, 4.69) is 46.0 Å². The van der Waals surface area contributed by atoms with Crippen LogP contribution in [0.15, 0.2) is 11.6 Å². The molecule has 0 aromatic carbocycles. The van der Waals surface area contributed by atoms with Gasteiger partial charge in [-0.1, -0.05) is 78.4 Å². The molecule has 2 saturated carbocycles. The Balaban J connectivity index is 1.24. The second-order valence-electron chi connectivity index (χ2n) is 18.5. The van der Waals surface area contributed by atoms with Crippen LogP contribution in [0.4, 0.5) is 4.79 Å². The van der Waals surface area contributed by atoms with Gasteiger partial charge in [0.05, 0.1) is 58.5 Å². The second-order valence-corrected chi connectivity index (χ2v) is 18.5. The fraction of sp³-hybridized carbons (Fsp3) is 0.933. The van der Waals surface area contributed by atoms with Gasteiger partial charge in [0.15, 0.2) is 0 Å². The van der Waals surface area contributed by atoms with Crippen LogP contribution in [-0.4, -0.2) is 95.0 Å². The molecule has 0 aliphatic heterocycles. The van der Waals surface area contributed by atoms with E-state index in [-0.39, 0.29) is 31.0 Å². The van der Waals surface area contributed by atoms with Crippen molar-refractivity contribution in [2.45, 2.75) is 163 Å². The van der Waals surface area contributed by atoms with Crippen LogP contribution in [0.1, 0.15) is 145 Å². The zero-order valence-electron chi connectivity index (χ0n) is 36.0. The van der Waals surface area contributed by atoms with E-state index in [1.54, 1.807) is 0 Å². The Kier molecular flexibility index (Phi) is 22.0. The van der Waals surface area contributed by atoms with Crippen molar-refractivity contribution >= 4 is 6.09 Å². The van der Waals surface area contributed by atoms with Crippen LogP contribution >= 0.6 is 0 Å². The van der Waals surface area contributed by atoms with Gasteiger partial charge in [0.1, 0.15) is 12.2 Å². The minimum atomic E-state index is -0.644. The molecule has 9 nitrogen and oxygen atoms in total. The molecule has 3 rings (SSSR count). The largest absolute Gasteiger partial charge is 0.446 e. The Morgan fingerprint density at radius 2 is 1.57 bits per heavy atom. The standard InChI is InChI=1S/C45H83NO8/c1-9-10-15-39(31-36-16-17-40-37(30-36)20-21-45(8)41(18-19-42(40)45)35(4)14-11-13-34(2)3)54-43(48)46-22-12-23-49-24-25-50-26-27-51-28-29-52-32-38(47)33-53-44(5,6)7/h16,34-35,37-42,47H,9-15,17-33H2,1-8H3,(H,46,48)/t35-,37-,38?,39+,40-,41?,42+,45-/m1/s1. The molecule has 0 radical (unpaired) electrons. The van der Waals surface area contributed by atoms with Crippen LogP contribution in [0.25, 0.3) is 0 Å². The van der Waals surface area contributed by atoms with E-state index in [1.807, 2.05) is 20.8 Å². The van der Waals surface area contributed by atoms with Gasteiger partial charge in [0, 0.05) is 19.6 Å². The minimum Gasteiger partial charge on any atom is -0.446 e. The Morgan fingerprint density at radius 3 is 2.24 bits per heavy atom. The van der Waals surface area contributed by atoms with E-state index < -0.39 is 6.10 Å². The quantitative estimate of drug-likeness (QED) is 0.0600. The van der Waals surface area contributed by atoms with Gasteiger partial charge in [-0.05, 0) is 113 Å². The SMILES string of the molecule is CCCC[C@@H](CC1=CC[C@@H]2[C@H](CC[C@]3(C)C([C@H](C)CCCC(C)C)CC[C@@H]23)C1)OC(=O)NCCCOCCOCCOCCOCC(O)COC(C)(C)C. The van der Waals surface area contributed by atoms with E-state index in [0.29, 0.717) is 58.2 Å². The number of carbonyl (C=O) groups is 1. The lowest BCUT2D eigenvalue weighted by atomic mass is 9.54. The number of hydrogen-bond acceptors (Lipinski definition) is 8. The number of nitrogens with one attached hydrogen (secondary N) is 1. The summed E-state index contributed by atoms with van der Waals surface area (Å²) >= 11 is 0. The molecule has 0 saturated heterocycles. The van der Waals surface area contributed by atoms with Gasteiger partial charge in [-0.25, -0.2) is 4.79 Å². The van der Waals surface area contributed by atoms with Crippen molar-refractivity contribution in [3.63, 3.8) is 0 Å². The van der Waals surface area contributed by atoms with Crippen LogP contribution in [0.5, 0.6) is 0 Å². The number of fused-ring (bicyclic) bond motifs is 3. The molecule has 316 valence electrons. The molecule has 1 amide bonds. The van der Waals surface area contributed by atoms with Crippen molar-refractivity contribution in [2.75, 3.05) is 66.0 Å². The summed E-state index contributed by atoms with van der Waals surface area (Å²) in [6.45, 7) is 22.4. The molecule has 0 aromatic heterocycles.